The Labute approximate surface area is 164 Å². The summed E-state index contributed by atoms with van der Waals surface area (Å²) in [6.45, 7) is 5.07. The number of hydrogen-bond donors (Lipinski definition) is 1. The summed E-state index contributed by atoms with van der Waals surface area (Å²) < 4.78 is 30.2. The van der Waals surface area contributed by atoms with E-state index in [1.165, 1.54) is 12.1 Å². The van der Waals surface area contributed by atoms with E-state index in [0.717, 1.165) is 37.1 Å². The van der Waals surface area contributed by atoms with Gasteiger partial charge in [0.15, 0.2) is 11.5 Å². The summed E-state index contributed by atoms with van der Waals surface area (Å²) in [5.41, 5.74) is 1.88. The van der Waals surface area contributed by atoms with Crippen LogP contribution in [-0.2, 0) is 17.9 Å². The van der Waals surface area contributed by atoms with Gasteiger partial charge in [0.05, 0.1) is 17.7 Å². The van der Waals surface area contributed by atoms with Crippen molar-refractivity contribution < 1.29 is 18.6 Å². The molecule has 3 rings (SSSR count). The van der Waals surface area contributed by atoms with Gasteiger partial charge >= 0.3 is 0 Å². The van der Waals surface area contributed by atoms with Crippen LogP contribution in [0, 0.1) is 5.82 Å². The van der Waals surface area contributed by atoms with Crippen LogP contribution in [0.1, 0.15) is 30.9 Å². The minimum Gasteiger partial charge on any atom is -0.490 e. The van der Waals surface area contributed by atoms with Gasteiger partial charge in [-0.25, -0.2) is 4.39 Å². The smallest absolute Gasteiger partial charge is 0.180 e. The average molecular weight is 394 g/mol. The Bertz CT molecular complexity index is 733. The fourth-order valence-electron chi connectivity index (χ4n) is 3.05. The van der Waals surface area contributed by atoms with Gasteiger partial charge in [-0.3, -0.25) is 0 Å². The van der Waals surface area contributed by atoms with E-state index < -0.39 is 0 Å². The van der Waals surface area contributed by atoms with Crippen LogP contribution in [0.2, 0.25) is 5.02 Å². The first kappa shape index (κ1) is 19.9. The number of ether oxygens (including phenoxy) is 3. The van der Waals surface area contributed by atoms with Crippen LogP contribution < -0.4 is 14.8 Å². The lowest BCUT2D eigenvalue weighted by Crippen LogP contribution is -2.25. The molecule has 1 fully saturated rings. The van der Waals surface area contributed by atoms with Crippen molar-refractivity contribution in [2.45, 2.75) is 39.0 Å². The van der Waals surface area contributed by atoms with Gasteiger partial charge in [0, 0.05) is 19.7 Å². The molecule has 1 N–H and O–H groups in total. The predicted molar refractivity (Wildman–Crippen MR) is 104 cm³/mol. The van der Waals surface area contributed by atoms with E-state index >= 15 is 0 Å². The zero-order chi connectivity index (χ0) is 19.1. The van der Waals surface area contributed by atoms with Crippen LogP contribution in [0.3, 0.4) is 0 Å². The highest BCUT2D eigenvalue weighted by atomic mass is 35.5. The number of benzene rings is 2. The van der Waals surface area contributed by atoms with Gasteiger partial charge < -0.3 is 19.5 Å². The lowest BCUT2D eigenvalue weighted by atomic mass is 10.2. The fraction of sp³-hybridized carbons (Fsp3) is 0.429. The van der Waals surface area contributed by atoms with Crippen molar-refractivity contribution in [2.75, 3.05) is 19.8 Å². The summed E-state index contributed by atoms with van der Waals surface area (Å²) in [6.07, 6.45) is 2.53. The standard InChI is InChI=1S/C21H25ClFNO3/c1-2-25-20-11-16(12-24-13-18-4-3-9-26-18)10-19(22)21(20)27-14-15-5-7-17(23)8-6-15/h5-8,10-11,18,24H,2-4,9,12-14H2,1H3. The van der Waals surface area contributed by atoms with Crippen LogP contribution in [0.4, 0.5) is 4.39 Å². The van der Waals surface area contributed by atoms with Crippen LogP contribution >= 0.6 is 11.6 Å². The van der Waals surface area contributed by atoms with Crippen molar-refractivity contribution in [3.8, 4) is 11.5 Å². The summed E-state index contributed by atoms with van der Waals surface area (Å²) in [7, 11) is 0. The monoisotopic (exact) mass is 393 g/mol. The highest BCUT2D eigenvalue weighted by molar-refractivity contribution is 6.32. The molecule has 2 aromatic carbocycles. The topological polar surface area (TPSA) is 39.7 Å². The highest BCUT2D eigenvalue weighted by Crippen LogP contribution is 2.37. The van der Waals surface area contributed by atoms with Crippen LogP contribution in [-0.4, -0.2) is 25.9 Å². The second-order valence-corrected chi connectivity index (χ2v) is 6.93. The Hall–Kier alpha value is -1.82. The van der Waals surface area contributed by atoms with E-state index in [-0.39, 0.29) is 12.4 Å². The summed E-state index contributed by atoms with van der Waals surface area (Å²) in [5.74, 6) is 0.846. The largest absolute Gasteiger partial charge is 0.490 e. The normalized spacial score (nSPS) is 16.5. The van der Waals surface area contributed by atoms with Crippen molar-refractivity contribution in [3.63, 3.8) is 0 Å². The molecule has 4 nitrogen and oxygen atoms in total. The van der Waals surface area contributed by atoms with E-state index in [1.807, 2.05) is 19.1 Å². The van der Waals surface area contributed by atoms with E-state index in [9.17, 15) is 4.39 Å². The summed E-state index contributed by atoms with van der Waals surface area (Å²) in [6, 6.07) is 10.0. The van der Waals surface area contributed by atoms with Gasteiger partial charge in [-0.1, -0.05) is 23.7 Å². The second-order valence-electron chi connectivity index (χ2n) is 6.52. The zero-order valence-electron chi connectivity index (χ0n) is 15.5. The predicted octanol–water partition coefficient (Wildman–Crippen LogP) is 4.73. The molecule has 1 aliphatic heterocycles. The van der Waals surface area contributed by atoms with Crippen LogP contribution in [0.15, 0.2) is 36.4 Å². The van der Waals surface area contributed by atoms with Crippen LogP contribution in [0.5, 0.6) is 11.5 Å². The molecule has 1 atom stereocenters. The number of rotatable bonds is 9. The molecule has 0 bridgehead atoms. The van der Waals surface area contributed by atoms with Gasteiger partial charge in [0.1, 0.15) is 12.4 Å². The van der Waals surface area contributed by atoms with Crippen molar-refractivity contribution in [1.29, 1.82) is 0 Å². The molecule has 1 saturated heterocycles. The van der Waals surface area contributed by atoms with Gasteiger partial charge in [-0.15, -0.1) is 0 Å². The van der Waals surface area contributed by atoms with Gasteiger partial charge in [-0.05, 0) is 55.2 Å². The minimum absolute atomic E-state index is 0.272. The van der Waals surface area contributed by atoms with Crippen molar-refractivity contribution in [2.24, 2.45) is 0 Å². The molecule has 0 aromatic heterocycles. The first-order chi connectivity index (χ1) is 13.2. The van der Waals surface area contributed by atoms with Gasteiger partial charge in [-0.2, -0.15) is 0 Å². The fourth-order valence-corrected chi connectivity index (χ4v) is 3.33. The molecule has 2 aromatic rings. The van der Waals surface area contributed by atoms with Gasteiger partial charge in [0.25, 0.3) is 0 Å². The molecule has 27 heavy (non-hydrogen) atoms. The first-order valence-corrected chi connectivity index (χ1v) is 9.68. The molecular formula is C21H25ClFNO3. The van der Waals surface area contributed by atoms with E-state index in [0.29, 0.717) is 35.8 Å². The molecule has 0 aliphatic carbocycles. The Morgan fingerprint density at radius 2 is 2.00 bits per heavy atom. The van der Waals surface area contributed by atoms with Crippen molar-refractivity contribution >= 4 is 11.6 Å². The summed E-state index contributed by atoms with van der Waals surface area (Å²) in [4.78, 5) is 0. The maximum atomic E-state index is 13.0. The number of halogens is 2. The number of hydrogen-bond acceptors (Lipinski definition) is 4. The lowest BCUT2D eigenvalue weighted by Gasteiger charge is -2.16. The Morgan fingerprint density at radius 1 is 1.19 bits per heavy atom. The van der Waals surface area contributed by atoms with Crippen molar-refractivity contribution in [1.82, 2.24) is 5.32 Å². The molecule has 6 heteroatoms. The molecule has 0 amide bonds. The third-order valence-electron chi connectivity index (χ3n) is 4.39. The first-order valence-electron chi connectivity index (χ1n) is 9.30. The molecule has 1 aliphatic rings. The van der Waals surface area contributed by atoms with Crippen molar-refractivity contribution in [3.05, 3.63) is 58.4 Å². The molecule has 1 unspecified atom stereocenters. The Balaban J connectivity index is 1.64. The maximum Gasteiger partial charge on any atom is 0.180 e. The third-order valence-corrected chi connectivity index (χ3v) is 4.67. The summed E-state index contributed by atoms with van der Waals surface area (Å²) in [5, 5.41) is 3.90. The average Bonchev–Trinajstić information content (AvgIpc) is 3.16. The second kappa shape index (κ2) is 9.93. The Morgan fingerprint density at radius 3 is 2.70 bits per heavy atom. The minimum atomic E-state index is -0.272. The quantitative estimate of drug-likeness (QED) is 0.668. The molecule has 146 valence electrons. The molecule has 1 heterocycles. The SMILES string of the molecule is CCOc1cc(CNCC2CCCO2)cc(Cl)c1OCc1ccc(F)cc1. The summed E-state index contributed by atoms with van der Waals surface area (Å²) >= 11 is 6.45. The lowest BCUT2D eigenvalue weighted by molar-refractivity contribution is 0.110. The molecular weight excluding hydrogens is 369 g/mol. The van der Waals surface area contributed by atoms with Crippen LogP contribution in [0.25, 0.3) is 0 Å². The maximum absolute atomic E-state index is 13.0. The zero-order valence-corrected chi connectivity index (χ0v) is 16.2. The van der Waals surface area contributed by atoms with E-state index in [1.54, 1.807) is 12.1 Å². The van der Waals surface area contributed by atoms with E-state index in [4.69, 9.17) is 25.8 Å². The third kappa shape index (κ3) is 5.83. The molecule has 0 spiro atoms. The highest BCUT2D eigenvalue weighted by Gasteiger charge is 2.16. The Kier molecular flexibility index (Phi) is 7.33. The molecule has 0 saturated carbocycles. The van der Waals surface area contributed by atoms with E-state index in [2.05, 4.69) is 5.32 Å². The van der Waals surface area contributed by atoms with Gasteiger partial charge in [0.2, 0.25) is 0 Å². The molecule has 0 radical (unpaired) electrons. The number of nitrogens with one attached hydrogen (secondary N) is 1.